The Morgan fingerprint density at radius 1 is 1.02 bits per heavy atom. The molecule has 3 aliphatic heterocycles. The number of methoxy groups -OCH3 is 1. The number of oxazole rings is 1. The van der Waals surface area contributed by atoms with Crippen LogP contribution in [-0.2, 0) is 14.3 Å². The van der Waals surface area contributed by atoms with Crippen LogP contribution in [0, 0.1) is 12.8 Å². The summed E-state index contributed by atoms with van der Waals surface area (Å²) in [5, 5.41) is 41.8. The highest BCUT2D eigenvalue weighted by Gasteiger charge is 2.44. The Morgan fingerprint density at radius 2 is 1.70 bits per heavy atom. The minimum absolute atomic E-state index is 0.0852. The minimum atomic E-state index is -3.11. The summed E-state index contributed by atoms with van der Waals surface area (Å²) < 4.78 is 17.4. The van der Waals surface area contributed by atoms with Crippen molar-refractivity contribution < 1.29 is 43.9 Å². The first kappa shape index (κ1) is 36.9. The standard InChI is InChI=1S/C38H42ClN5O9/c1-19-16-26-31(28(20-6-8-22(39)9-7-20)27(19)32(35(45)46)53-37(2,3)4)52-34(41-26)25-11-10-24-30(40-25)29(42-33(24)38(48,49)50)21-12-14-43(15-13-21)23-17-44(18-23)36(47)51-5/h6-11,16,21,23,32-33,48-50H,12-15,17-18H2,1-5H3,(H,45,46). The van der Waals surface area contributed by atoms with E-state index in [0.29, 0.717) is 87.0 Å². The summed E-state index contributed by atoms with van der Waals surface area (Å²) in [6.45, 7) is 9.85. The number of aliphatic carboxylic acids is 1. The number of nitrogens with zero attached hydrogens (tertiary/aromatic N) is 5. The fourth-order valence-electron chi connectivity index (χ4n) is 7.53. The summed E-state index contributed by atoms with van der Waals surface area (Å²) in [7, 11) is 1.37. The Bertz CT molecular complexity index is 2090. The predicted molar refractivity (Wildman–Crippen MR) is 194 cm³/mol. The van der Waals surface area contributed by atoms with Gasteiger partial charge in [0.2, 0.25) is 5.89 Å². The van der Waals surface area contributed by atoms with Gasteiger partial charge in [0.1, 0.15) is 11.2 Å². The summed E-state index contributed by atoms with van der Waals surface area (Å²) in [6, 6.07) is 10.9. The number of pyridine rings is 1. The van der Waals surface area contributed by atoms with Crippen molar-refractivity contribution in [1.29, 1.82) is 0 Å². The van der Waals surface area contributed by atoms with Crippen LogP contribution in [0.1, 0.15) is 68.1 Å². The molecule has 0 bridgehead atoms. The molecule has 15 heteroatoms. The number of carbonyl (C=O) groups is 2. The first-order valence-corrected chi connectivity index (χ1v) is 17.8. The van der Waals surface area contributed by atoms with Crippen LogP contribution in [0.5, 0.6) is 0 Å². The van der Waals surface area contributed by atoms with E-state index in [0.717, 1.165) is 13.1 Å². The van der Waals surface area contributed by atoms with Crippen molar-refractivity contribution in [2.75, 3.05) is 33.3 Å². The molecule has 0 aliphatic carbocycles. The van der Waals surface area contributed by atoms with E-state index in [1.807, 2.05) is 0 Å². The molecule has 2 fully saturated rings. The highest BCUT2D eigenvalue weighted by atomic mass is 35.5. The number of piperidine rings is 1. The van der Waals surface area contributed by atoms with Crippen LogP contribution in [0.15, 0.2) is 51.9 Å². The van der Waals surface area contributed by atoms with Crippen molar-refractivity contribution >= 4 is 40.5 Å². The molecule has 3 aliphatic rings. The molecule has 2 aromatic heterocycles. The van der Waals surface area contributed by atoms with Gasteiger partial charge in [0, 0.05) is 46.8 Å². The van der Waals surface area contributed by atoms with Gasteiger partial charge in [-0.25, -0.2) is 19.6 Å². The quantitative estimate of drug-likeness (QED) is 0.175. The third-order valence-corrected chi connectivity index (χ3v) is 10.3. The van der Waals surface area contributed by atoms with Crippen LogP contribution in [0.3, 0.4) is 0 Å². The van der Waals surface area contributed by atoms with Gasteiger partial charge in [-0.05, 0) is 89.0 Å². The van der Waals surface area contributed by atoms with Gasteiger partial charge in [0.05, 0.1) is 24.1 Å². The van der Waals surface area contributed by atoms with E-state index in [1.54, 1.807) is 75.1 Å². The van der Waals surface area contributed by atoms with E-state index in [4.69, 9.17) is 35.5 Å². The Labute approximate surface area is 310 Å². The number of carbonyl (C=O) groups excluding carboxylic acids is 1. The molecule has 1 amide bonds. The Balaban J connectivity index is 1.26. The third-order valence-electron chi connectivity index (χ3n) is 10.1. The maximum absolute atomic E-state index is 12.7. The Kier molecular flexibility index (Phi) is 9.58. The summed E-state index contributed by atoms with van der Waals surface area (Å²) in [5.74, 6) is -4.20. The number of likely N-dealkylation sites (tertiary alicyclic amines) is 2. The lowest BCUT2D eigenvalue weighted by atomic mass is 9.88. The maximum Gasteiger partial charge on any atom is 0.409 e. The number of hydrogen-bond acceptors (Lipinski definition) is 12. The number of aliphatic hydroxyl groups is 3. The average Bonchev–Trinajstić information content (AvgIpc) is 3.68. The molecule has 14 nitrogen and oxygen atoms in total. The topological polar surface area (TPSA) is 191 Å². The number of ether oxygens (including phenoxy) is 2. The molecule has 280 valence electrons. The monoisotopic (exact) mass is 747 g/mol. The summed E-state index contributed by atoms with van der Waals surface area (Å²) in [6.07, 6.45) is -0.253. The lowest BCUT2D eigenvalue weighted by molar-refractivity contribution is -0.323. The van der Waals surface area contributed by atoms with Crippen molar-refractivity contribution in [1.82, 2.24) is 19.8 Å². The van der Waals surface area contributed by atoms with E-state index in [9.17, 15) is 30.0 Å². The van der Waals surface area contributed by atoms with Crippen molar-refractivity contribution in [2.45, 2.75) is 70.3 Å². The number of carboxylic acids is 1. The van der Waals surface area contributed by atoms with Gasteiger partial charge in [0.15, 0.2) is 17.7 Å². The molecule has 2 aromatic carbocycles. The molecule has 53 heavy (non-hydrogen) atoms. The minimum Gasteiger partial charge on any atom is -0.479 e. The van der Waals surface area contributed by atoms with Crippen molar-refractivity contribution in [3.8, 4) is 22.7 Å². The third kappa shape index (κ3) is 7.14. The first-order valence-electron chi connectivity index (χ1n) is 17.5. The van der Waals surface area contributed by atoms with E-state index < -0.39 is 29.7 Å². The molecular weight excluding hydrogens is 706 g/mol. The molecule has 4 aromatic rings. The number of halogens is 1. The van der Waals surface area contributed by atoms with Crippen LogP contribution >= 0.6 is 11.6 Å². The second-order valence-corrected chi connectivity index (χ2v) is 15.3. The van der Waals surface area contributed by atoms with Gasteiger partial charge in [0.25, 0.3) is 0 Å². The van der Waals surface area contributed by atoms with Gasteiger partial charge in [-0.2, -0.15) is 0 Å². The SMILES string of the molecule is COC(=O)N1CC(N2CCC(C3=NC(C(O)(O)O)c4ccc(-c5nc6cc(C)c(C(OC(C)(C)C)C(=O)O)c(-c7ccc(Cl)cc7)c6o5)nc43)CC2)C1. The Morgan fingerprint density at radius 3 is 2.30 bits per heavy atom. The van der Waals surface area contributed by atoms with Crippen molar-refractivity contribution in [3.05, 3.63) is 69.9 Å². The number of aromatic nitrogens is 2. The molecule has 5 heterocycles. The maximum atomic E-state index is 12.7. The molecule has 7 rings (SSSR count). The Hall–Kier alpha value is -4.44. The lowest BCUT2D eigenvalue weighted by Gasteiger charge is -2.46. The number of rotatable bonds is 8. The van der Waals surface area contributed by atoms with Gasteiger partial charge in [-0.3, -0.25) is 9.89 Å². The molecule has 0 saturated carbocycles. The second kappa shape index (κ2) is 13.8. The normalized spacial score (nSPS) is 19.2. The first-order chi connectivity index (χ1) is 25.0. The zero-order valence-corrected chi connectivity index (χ0v) is 30.8. The van der Waals surface area contributed by atoms with E-state index in [-0.39, 0.29) is 23.9 Å². The van der Waals surface area contributed by atoms with Crippen molar-refractivity contribution in [2.24, 2.45) is 10.9 Å². The average molecular weight is 748 g/mol. The van der Waals surface area contributed by atoms with Crippen LogP contribution in [0.2, 0.25) is 5.02 Å². The van der Waals surface area contributed by atoms with Crippen LogP contribution in [0.4, 0.5) is 4.79 Å². The largest absolute Gasteiger partial charge is 0.479 e. The number of hydrogen-bond donors (Lipinski definition) is 4. The van der Waals surface area contributed by atoms with E-state index >= 15 is 0 Å². The molecular formula is C38H42ClN5O9. The molecule has 0 radical (unpaired) electrons. The van der Waals surface area contributed by atoms with Gasteiger partial charge in [-0.1, -0.05) is 29.8 Å². The molecule has 4 N–H and O–H groups in total. The smallest absolute Gasteiger partial charge is 0.409 e. The number of benzene rings is 2. The van der Waals surface area contributed by atoms with Crippen LogP contribution in [-0.4, -0.2) is 109 Å². The fourth-order valence-corrected chi connectivity index (χ4v) is 7.66. The number of carboxylic acid groups (broad SMARTS) is 1. The lowest BCUT2D eigenvalue weighted by Crippen LogP contribution is -2.62. The highest BCUT2D eigenvalue weighted by molar-refractivity contribution is 6.30. The van der Waals surface area contributed by atoms with Gasteiger partial charge in [-0.15, -0.1) is 0 Å². The van der Waals surface area contributed by atoms with Crippen molar-refractivity contribution in [3.63, 3.8) is 0 Å². The zero-order valence-electron chi connectivity index (χ0n) is 30.0. The summed E-state index contributed by atoms with van der Waals surface area (Å²) in [5.41, 5.74) is 3.87. The highest BCUT2D eigenvalue weighted by Crippen LogP contribution is 2.43. The summed E-state index contributed by atoms with van der Waals surface area (Å²) in [4.78, 5) is 42.9. The number of fused-ring (bicyclic) bond motifs is 2. The summed E-state index contributed by atoms with van der Waals surface area (Å²) >= 11 is 6.24. The predicted octanol–water partition coefficient (Wildman–Crippen LogP) is 5.10. The number of amides is 1. The van der Waals surface area contributed by atoms with Gasteiger partial charge >= 0.3 is 18.0 Å². The molecule has 2 saturated heterocycles. The van der Waals surface area contributed by atoms with Crippen LogP contribution in [0.25, 0.3) is 33.8 Å². The van der Waals surface area contributed by atoms with E-state index in [2.05, 4.69) is 9.89 Å². The fraction of sp³-hybridized carbons (Fsp3) is 0.447. The van der Waals surface area contributed by atoms with Gasteiger partial charge < -0.3 is 39.2 Å². The van der Waals surface area contributed by atoms with E-state index in [1.165, 1.54) is 7.11 Å². The number of aliphatic imine (C=N–C) groups is 1. The molecule has 2 atom stereocenters. The molecule has 2 unspecified atom stereocenters. The second-order valence-electron chi connectivity index (χ2n) is 14.9. The molecule has 0 spiro atoms. The van der Waals surface area contributed by atoms with Crippen LogP contribution < -0.4 is 0 Å². The zero-order chi connectivity index (χ0) is 38.0. The number of aryl methyl sites for hydroxylation is 1.